The zero-order valence-corrected chi connectivity index (χ0v) is 12.2. The molecule has 3 aromatic rings. The summed E-state index contributed by atoms with van der Waals surface area (Å²) in [5.41, 5.74) is 7.56. The molecule has 4 heterocycles. The summed E-state index contributed by atoms with van der Waals surface area (Å²) in [6.45, 7) is 1.35. The first-order chi connectivity index (χ1) is 10.7. The first-order valence-corrected chi connectivity index (χ1v) is 7.16. The number of anilines is 1. The molecule has 0 saturated carbocycles. The van der Waals surface area contributed by atoms with Gasteiger partial charge in [0.2, 0.25) is 11.2 Å². The van der Waals surface area contributed by atoms with E-state index in [2.05, 4.69) is 25.0 Å². The predicted octanol–water partition coefficient (Wildman–Crippen LogP) is 1.48. The van der Waals surface area contributed by atoms with Gasteiger partial charge < -0.3 is 10.5 Å². The van der Waals surface area contributed by atoms with Crippen LogP contribution >= 0.6 is 11.6 Å². The molecule has 1 unspecified atom stereocenters. The molecular formula is C13H12ClN7O. The second kappa shape index (κ2) is 5.15. The standard InChI is InChI=1S/C13H12ClN7O/c14-12-19-10(7-3-16-13(15)17-4-7)9-5-18-21(11(9)20-12)8-1-2-22-6-8/h3-5,8H,1-2,6H2,(H2,15,16,17). The van der Waals surface area contributed by atoms with Crippen molar-refractivity contribution in [1.82, 2.24) is 29.7 Å². The summed E-state index contributed by atoms with van der Waals surface area (Å²) < 4.78 is 7.26. The van der Waals surface area contributed by atoms with Gasteiger partial charge >= 0.3 is 0 Å². The molecule has 0 bridgehead atoms. The molecule has 9 heteroatoms. The van der Waals surface area contributed by atoms with Crippen LogP contribution in [0.15, 0.2) is 18.6 Å². The minimum absolute atomic E-state index is 0.153. The van der Waals surface area contributed by atoms with Crippen LogP contribution in [-0.2, 0) is 4.74 Å². The Balaban J connectivity index is 1.90. The van der Waals surface area contributed by atoms with Gasteiger partial charge in [0, 0.05) is 24.6 Å². The van der Waals surface area contributed by atoms with Gasteiger partial charge in [-0.1, -0.05) is 0 Å². The van der Waals surface area contributed by atoms with Gasteiger partial charge in [0.05, 0.1) is 29.9 Å². The van der Waals surface area contributed by atoms with E-state index in [-0.39, 0.29) is 17.3 Å². The summed E-state index contributed by atoms with van der Waals surface area (Å²) in [5.74, 6) is 0.207. The average Bonchev–Trinajstić information content (AvgIpc) is 3.15. The highest BCUT2D eigenvalue weighted by atomic mass is 35.5. The summed E-state index contributed by atoms with van der Waals surface area (Å²) in [7, 11) is 0. The van der Waals surface area contributed by atoms with E-state index in [1.165, 1.54) is 0 Å². The van der Waals surface area contributed by atoms with E-state index in [4.69, 9.17) is 22.1 Å². The molecule has 22 heavy (non-hydrogen) atoms. The number of hydrogen-bond donors (Lipinski definition) is 1. The molecule has 0 spiro atoms. The number of aromatic nitrogens is 6. The lowest BCUT2D eigenvalue weighted by molar-refractivity contribution is 0.185. The van der Waals surface area contributed by atoms with E-state index in [9.17, 15) is 0 Å². The number of nitrogen functional groups attached to an aromatic ring is 1. The van der Waals surface area contributed by atoms with Gasteiger partial charge in [-0.2, -0.15) is 10.1 Å². The first kappa shape index (κ1) is 13.4. The molecule has 1 fully saturated rings. The maximum atomic E-state index is 6.08. The van der Waals surface area contributed by atoms with Crippen molar-refractivity contribution in [3.63, 3.8) is 0 Å². The van der Waals surface area contributed by atoms with Crippen LogP contribution in [0.5, 0.6) is 0 Å². The van der Waals surface area contributed by atoms with Gasteiger partial charge in [-0.15, -0.1) is 0 Å². The van der Waals surface area contributed by atoms with Gasteiger partial charge in [-0.05, 0) is 18.0 Å². The smallest absolute Gasteiger partial charge is 0.225 e. The average molecular weight is 318 g/mol. The number of nitrogens with zero attached hydrogens (tertiary/aromatic N) is 6. The molecule has 0 aromatic carbocycles. The van der Waals surface area contributed by atoms with Crippen LogP contribution in [0.25, 0.3) is 22.3 Å². The Morgan fingerprint density at radius 3 is 2.77 bits per heavy atom. The predicted molar refractivity (Wildman–Crippen MR) is 80.2 cm³/mol. The SMILES string of the molecule is Nc1ncc(-c2nc(Cl)nc3c2cnn3C2CCOC2)cn1. The maximum absolute atomic E-state index is 6.08. The molecule has 0 amide bonds. The largest absolute Gasteiger partial charge is 0.379 e. The van der Waals surface area contributed by atoms with Crippen molar-refractivity contribution in [2.24, 2.45) is 0 Å². The molecule has 2 N–H and O–H groups in total. The minimum atomic E-state index is 0.153. The third-order valence-electron chi connectivity index (χ3n) is 3.62. The highest BCUT2D eigenvalue weighted by molar-refractivity contribution is 6.28. The summed E-state index contributed by atoms with van der Waals surface area (Å²) >= 11 is 6.08. The third-order valence-corrected chi connectivity index (χ3v) is 3.79. The van der Waals surface area contributed by atoms with Crippen molar-refractivity contribution in [2.75, 3.05) is 18.9 Å². The van der Waals surface area contributed by atoms with Crippen molar-refractivity contribution in [1.29, 1.82) is 0 Å². The molecule has 4 rings (SSSR count). The van der Waals surface area contributed by atoms with E-state index < -0.39 is 0 Å². The van der Waals surface area contributed by atoms with Crippen LogP contribution in [-0.4, -0.2) is 42.9 Å². The molecule has 3 aromatic heterocycles. The zero-order valence-electron chi connectivity index (χ0n) is 11.5. The van der Waals surface area contributed by atoms with Crippen molar-refractivity contribution in [2.45, 2.75) is 12.5 Å². The van der Waals surface area contributed by atoms with Crippen molar-refractivity contribution in [3.05, 3.63) is 23.9 Å². The van der Waals surface area contributed by atoms with E-state index in [1.54, 1.807) is 18.6 Å². The summed E-state index contributed by atoms with van der Waals surface area (Å²) in [6, 6.07) is 0.166. The lowest BCUT2D eigenvalue weighted by Crippen LogP contribution is -2.11. The number of ether oxygens (including phenoxy) is 1. The molecular weight excluding hydrogens is 306 g/mol. The third kappa shape index (κ3) is 2.16. The number of nitrogens with two attached hydrogens (primary N) is 1. The summed E-state index contributed by atoms with van der Waals surface area (Å²) in [4.78, 5) is 16.6. The van der Waals surface area contributed by atoms with Crippen molar-refractivity contribution in [3.8, 4) is 11.3 Å². The second-order valence-electron chi connectivity index (χ2n) is 5.02. The Labute approximate surface area is 130 Å². The lowest BCUT2D eigenvalue weighted by Gasteiger charge is -2.09. The Morgan fingerprint density at radius 1 is 1.23 bits per heavy atom. The molecule has 1 aliphatic rings. The Hall–Kier alpha value is -2.32. The maximum Gasteiger partial charge on any atom is 0.225 e. The minimum Gasteiger partial charge on any atom is -0.379 e. The van der Waals surface area contributed by atoms with E-state index >= 15 is 0 Å². The molecule has 1 atom stereocenters. The highest BCUT2D eigenvalue weighted by Crippen LogP contribution is 2.29. The van der Waals surface area contributed by atoms with Crippen LogP contribution in [0.3, 0.4) is 0 Å². The zero-order chi connectivity index (χ0) is 15.1. The molecule has 8 nitrogen and oxygen atoms in total. The van der Waals surface area contributed by atoms with Gasteiger partial charge in [0.1, 0.15) is 0 Å². The van der Waals surface area contributed by atoms with Crippen LogP contribution in [0.1, 0.15) is 12.5 Å². The van der Waals surface area contributed by atoms with Crippen LogP contribution < -0.4 is 5.73 Å². The fourth-order valence-corrected chi connectivity index (χ4v) is 2.73. The number of hydrogen-bond acceptors (Lipinski definition) is 7. The molecule has 1 aliphatic heterocycles. The Morgan fingerprint density at radius 2 is 2.05 bits per heavy atom. The van der Waals surface area contributed by atoms with Gasteiger partial charge in [-0.3, -0.25) is 0 Å². The molecule has 0 aliphatic carbocycles. The van der Waals surface area contributed by atoms with E-state index in [1.807, 2.05) is 4.68 Å². The normalized spacial score (nSPS) is 18.1. The van der Waals surface area contributed by atoms with Crippen LogP contribution in [0.2, 0.25) is 5.28 Å². The monoisotopic (exact) mass is 317 g/mol. The highest BCUT2D eigenvalue weighted by Gasteiger charge is 2.23. The Kier molecular flexibility index (Phi) is 3.12. The number of rotatable bonds is 2. The fraction of sp³-hybridized carbons (Fsp3) is 0.308. The quantitative estimate of drug-likeness (QED) is 0.714. The second-order valence-corrected chi connectivity index (χ2v) is 5.35. The topological polar surface area (TPSA) is 105 Å². The summed E-state index contributed by atoms with van der Waals surface area (Å²) in [5, 5.41) is 5.38. The number of fused-ring (bicyclic) bond motifs is 1. The van der Waals surface area contributed by atoms with Crippen molar-refractivity contribution < 1.29 is 4.74 Å². The molecule has 1 saturated heterocycles. The van der Waals surface area contributed by atoms with E-state index in [0.29, 0.717) is 23.5 Å². The lowest BCUT2D eigenvalue weighted by atomic mass is 10.2. The summed E-state index contributed by atoms with van der Waals surface area (Å²) in [6.07, 6.45) is 5.85. The fourth-order valence-electron chi connectivity index (χ4n) is 2.56. The van der Waals surface area contributed by atoms with Gasteiger partial charge in [-0.25, -0.2) is 19.6 Å². The van der Waals surface area contributed by atoms with Crippen LogP contribution in [0, 0.1) is 0 Å². The Bertz CT molecular complexity index is 826. The van der Waals surface area contributed by atoms with Crippen LogP contribution in [0.4, 0.5) is 5.95 Å². The van der Waals surface area contributed by atoms with Gasteiger partial charge in [0.25, 0.3) is 0 Å². The molecule has 0 radical (unpaired) electrons. The van der Waals surface area contributed by atoms with E-state index in [0.717, 1.165) is 18.4 Å². The number of halogens is 1. The first-order valence-electron chi connectivity index (χ1n) is 6.79. The van der Waals surface area contributed by atoms with Gasteiger partial charge in [0.15, 0.2) is 5.65 Å². The van der Waals surface area contributed by atoms with Crippen molar-refractivity contribution >= 4 is 28.6 Å². The molecule has 112 valence electrons.